The SMILES string of the molecule is C=C1C(=O)OC2CC(C)C(=O)C=CC(C)(O)CC(OC(=O)C(C)C)C12. The first-order valence-corrected chi connectivity index (χ1v) is 8.57. The summed E-state index contributed by atoms with van der Waals surface area (Å²) in [6.45, 7) is 10.5. The smallest absolute Gasteiger partial charge is 0.334 e. The van der Waals surface area contributed by atoms with Crippen LogP contribution < -0.4 is 0 Å². The lowest BCUT2D eigenvalue weighted by molar-refractivity contribution is -0.159. The standard InChI is InChI=1S/C19H26O6/c1-10(2)17(21)25-15-9-19(5,23)7-6-13(20)11(3)8-14-16(15)12(4)18(22)24-14/h6-7,10-11,14-16,23H,4,8-9H2,1-3,5H3. The van der Waals surface area contributed by atoms with Crippen molar-refractivity contribution in [1.29, 1.82) is 0 Å². The molecule has 0 radical (unpaired) electrons. The third-order valence-corrected chi connectivity index (χ3v) is 4.76. The highest BCUT2D eigenvalue weighted by Gasteiger charge is 2.47. The molecule has 0 aromatic rings. The largest absolute Gasteiger partial charge is 0.461 e. The first-order chi connectivity index (χ1) is 11.5. The molecular formula is C19H26O6. The van der Waals surface area contributed by atoms with Crippen molar-refractivity contribution in [2.24, 2.45) is 17.8 Å². The molecule has 1 heterocycles. The average molecular weight is 350 g/mol. The van der Waals surface area contributed by atoms with Gasteiger partial charge in [0.05, 0.1) is 17.4 Å². The van der Waals surface area contributed by atoms with Crippen molar-refractivity contribution in [3.05, 3.63) is 24.3 Å². The number of esters is 2. The summed E-state index contributed by atoms with van der Waals surface area (Å²) in [6.07, 6.45) is 1.75. The van der Waals surface area contributed by atoms with Gasteiger partial charge in [0.25, 0.3) is 0 Å². The van der Waals surface area contributed by atoms with Gasteiger partial charge in [0, 0.05) is 17.9 Å². The molecule has 1 N–H and O–H groups in total. The maximum Gasteiger partial charge on any atom is 0.334 e. The number of hydrogen-bond acceptors (Lipinski definition) is 6. The molecule has 1 aliphatic heterocycles. The summed E-state index contributed by atoms with van der Waals surface area (Å²) >= 11 is 0. The maximum atomic E-state index is 12.2. The number of carbonyl (C=O) groups is 3. The van der Waals surface area contributed by atoms with Crippen LogP contribution in [0.15, 0.2) is 24.3 Å². The predicted molar refractivity (Wildman–Crippen MR) is 90.4 cm³/mol. The Morgan fingerprint density at radius 1 is 1.44 bits per heavy atom. The van der Waals surface area contributed by atoms with Crippen LogP contribution >= 0.6 is 0 Å². The fourth-order valence-corrected chi connectivity index (χ4v) is 3.20. The van der Waals surface area contributed by atoms with Crippen LogP contribution in [0.25, 0.3) is 0 Å². The number of aliphatic hydroxyl groups is 1. The van der Waals surface area contributed by atoms with Crippen molar-refractivity contribution in [3.63, 3.8) is 0 Å². The Balaban J connectivity index is 2.43. The molecule has 0 saturated carbocycles. The van der Waals surface area contributed by atoms with Gasteiger partial charge in [-0.15, -0.1) is 0 Å². The molecule has 6 heteroatoms. The van der Waals surface area contributed by atoms with E-state index in [9.17, 15) is 19.5 Å². The normalized spacial score (nSPS) is 36.2. The first kappa shape index (κ1) is 19.4. The van der Waals surface area contributed by atoms with Crippen LogP contribution in [0.3, 0.4) is 0 Å². The van der Waals surface area contributed by atoms with E-state index in [2.05, 4.69) is 6.58 Å². The molecule has 25 heavy (non-hydrogen) atoms. The molecule has 0 spiro atoms. The monoisotopic (exact) mass is 350 g/mol. The molecule has 1 saturated heterocycles. The van der Waals surface area contributed by atoms with E-state index in [0.29, 0.717) is 6.42 Å². The highest BCUT2D eigenvalue weighted by molar-refractivity contribution is 5.93. The van der Waals surface area contributed by atoms with Gasteiger partial charge in [0.15, 0.2) is 5.78 Å². The highest BCUT2D eigenvalue weighted by Crippen LogP contribution is 2.38. The Morgan fingerprint density at radius 2 is 2.08 bits per heavy atom. The van der Waals surface area contributed by atoms with E-state index < -0.39 is 41.6 Å². The quantitative estimate of drug-likeness (QED) is 0.605. The molecule has 0 bridgehead atoms. The predicted octanol–water partition coefficient (Wildman–Crippen LogP) is 1.96. The fourth-order valence-electron chi connectivity index (χ4n) is 3.20. The molecule has 5 unspecified atom stereocenters. The van der Waals surface area contributed by atoms with Crippen molar-refractivity contribution in [3.8, 4) is 0 Å². The number of ether oxygens (including phenoxy) is 2. The third-order valence-electron chi connectivity index (χ3n) is 4.76. The van der Waals surface area contributed by atoms with Crippen LogP contribution in [0.5, 0.6) is 0 Å². The lowest BCUT2D eigenvalue weighted by atomic mass is 9.80. The summed E-state index contributed by atoms with van der Waals surface area (Å²) in [4.78, 5) is 36.3. The average Bonchev–Trinajstić information content (AvgIpc) is 2.77. The fraction of sp³-hybridized carbons (Fsp3) is 0.632. The summed E-state index contributed by atoms with van der Waals surface area (Å²) in [6, 6.07) is 0. The zero-order valence-corrected chi connectivity index (χ0v) is 15.2. The van der Waals surface area contributed by atoms with Crippen molar-refractivity contribution in [2.45, 2.75) is 58.3 Å². The maximum absolute atomic E-state index is 12.2. The summed E-state index contributed by atoms with van der Waals surface area (Å²) in [7, 11) is 0. The van der Waals surface area contributed by atoms with E-state index in [1.165, 1.54) is 19.1 Å². The van der Waals surface area contributed by atoms with E-state index in [1.807, 2.05) is 0 Å². The number of carbonyl (C=O) groups excluding carboxylic acids is 3. The molecule has 5 atom stereocenters. The summed E-state index contributed by atoms with van der Waals surface area (Å²) in [5.74, 6) is -2.43. The van der Waals surface area contributed by atoms with Crippen LogP contribution in [0.1, 0.15) is 40.5 Å². The van der Waals surface area contributed by atoms with E-state index in [0.717, 1.165) is 0 Å². The van der Waals surface area contributed by atoms with E-state index >= 15 is 0 Å². The number of fused-ring (bicyclic) bond motifs is 1. The molecule has 0 aromatic heterocycles. The lowest BCUT2D eigenvalue weighted by Crippen LogP contribution is -2.41. The highest BCUT2D eigenvalue weighted by atomic mass is 16.6. The molecule has 1 aliphatic carbocycles. The zero-order valence-electron chi connectivity index (χ0n) is 15.2. The zero-order chi connectivity index (χ0) is 18.9. The Hall–Kier alpha value is -1.95. The van der Waals surface area contributed by atoms with Crippen molar-refractivity contribution in [2.75, 3.05) is 0 Å². The Labute approximate surface area is 147 Å². The minimum Gasteiger partial charge on any atom is -0.461 e. The van der Waals surface area contributed by atoms with Crippen LogP contribution in [-0.2, 0) is 23.9 Å². The molecule has 6 nitrogen and oxygen atoms in total. The summed E-state index contributed by atoms with van der Waals surface area (Å²) in [5, 5.41) is 10.6. The second-order valence-electron chi connectivity index (χ2n) is 7.56. The molecule has 2 rings (SSSR count). The van der Waals surface area contributed by atoms with Gasteiger partial charge in [-0.05, 0) is 25.5 Å². The third kappa shape index (κ3) is 4.37. The van der Waals surface area contributed by atoms with Gasteiger partial charge in [-0.1, -0.05) is 27.4 Å². The minimum absolute atomic E-state index is 0.0421. The van der Waals surface area contributed by atoms with Crippen molar-refractivity contribution in [1.82, 2.24) is 0 Å². The Kier molecular flexibility index (Phi) is 5.52. The van der Waals surface area contributed by atoms with Gasteiger partial charge >= 0.3 is 11.9 Å². The first-order valence-electron chi connectivity index (χ1n) is 8.57. The van der Waals surface area contributed by atoms with Crippen LogP contribution in [0.2, 0.25) is 0 Å². The number of rotatable bonds is 2. The van der Waals surface area contributed by atoms with Gasteiger partial charge in [-0.25, -0.2) is 4.79 Å². The number of ketones is 1. The number of allylic oxidation sites excluding steroid dienone is 1. The molecule has 2 aliphatic rings. The second kappa shape index (κ2) is 7.12. The molecule has 0 aromatic carbocycles. The topological polar surface area (TPSA) is 89.9 Å². The van der Waals surface area contributed by atoms with Crippen molar-refractivity contribution < 1.29 is 29.0 Å². The van der Waals surface area contributed by atoms with E-state index in [1.54, 1.807) is 20.8 Å². The van der Waals surface area contributed by atoms with Gasteiger partial charge in [0.2, 0.25) is 0 Å². The van der Waals surface area contributed by atoms with Crippen LogP contribution in [0, 0.1) is 17.8 Å². The van der Waals surface area contributed by atoms with E-state index in [-0.39, 0.29) is 23.7 Å². The van der Waals surface area contributed by atoms with Crippen LogP contribution in [0.4, 0.5) is 0 Å². The Morgan fingerprint density at radius 3 is 2.68 bits per heavy atom. The number of hydrogen-bond donors (Lipinski definition) is 1. The molecular weight excluding hydrogens is 324 g/mol. The summed E-state index contributed by atoms with van der Waals surface area (Å²) in [5.41, 5.74) is -1.16. The van der Waals surface area contributed by atoms with E-state index in [4.69, 9.17) is 9.47 Å². The van der Waals surface area contributed by atoms with Crippen LogP contribution in [-0.4, -0.2) is 40.6 Å². The van der Waals surface area contributed by atoms with Gasteiger partial charge < -0.3 is 14.6 Å². The van der Waals surface area contributed by atoms with Gasteiger partial charge in [-0.3, -0.25) is 9.59 Å². The minimum atomic E-state index is -1.37. The second-order valence-corrected chi connectivity index (χ2v) is 7.56. The van der Waals surface area contributed by atoms with Gasteiger partial charge in [-0.2, -0.15) is 0 Å². The Bertz CT molecular complexity index is 615. The van der Waals surface area contributed by atoms with Gasteiger partial charge in [0.1, 0.15) is 12.2 Å². The van der Waals surface area contributed by atoms with Crippen molar-refractivity contribution >= 4 is 17.7 Å². The molecule has 0 amide bonds. The summed E-state index contributed by atoms with van der Waals surface area (Å²) < 4.78 is 11.0. The molecule has 1 fully saturated rings. The lowest BCUT2D eigenvalue weighted by Gasteiger charge is -2.33. The molecule has 138 valence electrons.